The second kappa shape index (κ2) is 2.81. The van der Waals surface area contributed by atoms with Gasteiger partial charge in [0, 0.05) is 6.07 Å². The first kappa shape index (κ1) is 7.99. The van der Waals surface area contributed by atoms with Crippen LogP contribution in [-0.4, -0.2) is 35.5 Å². The first-order chi connectivity index (χ1) is 6.84. The van der Waals surface area contributed by atoms with Crippen LogP contribution in [0.25, 0.3) is 0 Å². The molecule has 1 aromatic heterocycles. The maximum atomic E-state index is 5.59. The number of nitrogens with zero attached hydrogens (tertiary/aromatic N) is 3. The predicted octanol–water partition coefficient (Wildman–Crippen LogP) is 0.0363. The summed E-state index contributed by atoms with van der Waals surface area (Å²) in [5, 5.41) is 7.60. The third-order valence-corrected chi connectivity index (χ3v) is 2.91. The number of nitrogen functional groups attached to an aromatic ring is 1. The summed E-state index contributed by atoms with van der Waals surface area (Å²) < 4.78 is 5.40. The first-order valence-electron chi connectivity index (χ1n) is 4.79. The summed E-state index contributed by atoms with van der Waals surface area (Å²) in [5.41, 5.74) is 6.67. The zero-order valence-corrected chi connectivity index (χ0v) is 7.76. The lowest BCUT2D eigenvalue weighted by Gasteiger charge is -2.53. The number of ether oxygens (including phenoxy) is 1. The van der Waals surface area contributed by atoms with E-state index in [1.807, 2.05) is 6.07 Å². The molecule has 2 N–H and O–H groups in total. The number of hydrogen-bond acceptors (Lipinski definition) is 5. The fourth-order valence-corrected chi connectivity index (χ4v) is 2.27. The fraction of sp³-hybridized carbons (Fsp3) is 0.556. The van der Waals surface area contributed by atoms with Crippen LogP contribution in [0.2, 0.25) is 0 Å². The van der Waals surface area contributed by atoms with Crippen LogP contribution in [0.5, 0.6) is 0 Å². The predicted molar refractivity (Wildman–Crippen MR) is 51.9 cm³/mol. The molecule has 2 atom stereocenters. The summed E-state index contributed by atoms with van der Waals surface area (Å²) >= 11 is 0. The molecule has 3 rings (SSSR count). The number of anilines is 2. The lowest BCUT2D eigenvalue weighted by molar-refractivity contribution is 0.0102. The third kappa shape index (κ3) is 1.05. The van der Waals surface area contributed by atoms with Gasteiger partial charge in [0.2, 0.25) is 0 Å². The molecule has 2 bridgehead atoms. The Kier molecular flexibility index (Phi) is 1.61. The van der Waals surface area contributed by atoms with E-state index in [4.69, 9.17) is 10.5 Å². The van der Waals surface area contributed by atoms with E-state index in [0.717, 1.165) is 18.9 Å². The number of morpholine rings is 1. The second-order valence-corrected chi connectivity index (χ2v) is 3.83. The quantitative estimate of drug-likeness (QED) is 0.680. The van der Waals surface area contributed by atoms with Gasteiger partial charge < -0.3 is 15.4 Å². The Morgan fingerprint density at radius 2 is 2.21 bits per heavy atom. The highest BCUT2D eigenvalue weighted by Crippen LogP contribution is 2.35. The summed E-state index contributed by atoms with van der Waals surface area (Å²) in [7, 11) is 0. The number of rotatable bonds is 1. The zero-order valence-electron chi connectivity index (χ0n) is 7.76. The molecular weight excluding hydrogens is 180 g/mol. The van der Waals surface area contributed by atoms with Gasteiger partial charge in [0.1, 0.15) is 5.82 Å². The van der Waals surface area contributed by atoms with E-state index in [0.29, 0.717) is 17.9 Å². The molecule has 0 radical (unpaired) electrons. The minimum atomic E-state index is 0.480. The van der Waals surface area contributed by atoms with Crippen molar-refractivity contribution < 1.29 is 4.74 Å². The Balaban J connectivity index is 1.89. The van der Waals surface area contributed by atoms with Crippen molar-refractivity contribution in [2.24, 2.45) is 0 Å². The average molecular weight is 192 g/mol. The van der Waals surface area contributed by atoms with E-state index in [-0.39, 0.29) is 0 Å². The van der Waals surface area contributed by atoms with Crippen molar-refractivity contribution in [3.63, 3.8) is 0 Å². The SMILES string of the molecule is Nc1cc(N2C3COCC2C3)cnn1. The number of hydrogen-bond donors (Lipinski definition) is 1. The van der Waals surface area contributed by atoms with Gasteiger partial charge >= 0.3 is 0 Å². The molecule has 2 aliphatic heterocycles. The van der Waals surface area contributed by atoms with Gasteiger partial charge in [0.15, 0.2) is 0 Å². The first-order valence-corrected chi connectivity index (χ1v) is 4.79. The Morgan fingerprint density at radius 1 is 1.43 bits per heavy atom. The molecule has 2 aliphatic rings. The van der Waals surface area contributed by atoms with E-state index >= 15 is 0 Å². The lowest BCUT2D eigenvalue weighted by atomic mass is 9.91. The maximum absolute atomic E-state index is 5.59. The highest BCUT2D eigenvalue weighted by Gasteiger charge is 2.42. The monoisotopic (exact) mass is 192 g/mol. The van der Waals surface area contributed by atoms with Crippen LogP contribution in [0.1, 0.15) is 6.42 Å². The molecule has 5 heteroatoms. The van der Waals surface area contributed by atoms with Crippen LogP contribution >= 0.6 is 0 Å². The van der Waals surface area contributed by atoms with E-state index in [2.05, 4.69) is 15.1 Å². The van der Waals surface area contributed by atoms with Crippen LogP contribution in [0, 0.1) is 0 Å². The molecule has 0 spiro atoms. The Labute approximate surface area is 81.9 Å². The molecular formula is C9H12N4O. The molecule has 0 aliphatic carbocycles. The van der Waals surface area contributed by atoms with Crippen molar-refractivity contribution in [2.75, 3.05) is 23.8 Å². The lowest BCUT2D eigenvalue weighted by Crippen LogP contribution is -2.64. The molecule has 2 unspecified atom stereocenters. The summed E-state index contributed by atoms with van der Waals surface area (Å²) in [6.45, 7) is 1.64. The second-order valence-electron chi connectivity index (χ2n) is 3.83. The molecule has 5 nitrogen and oxygen atoms in total. The molecule has 0 amide bonds. The van der Waals surface area contributed by atoms with Crippen molar-refractivity contribution in [1.29, 1.82) is 0 Å². The largest absolute Gasteiger partial charge is 0.382 e. The van der Waals surface area contributed by atoms with Gasteiger partial charge in [-0.25, -0.2) is 0 Å². The molecule has 14 heavy (non-hydrogen) atoms. The van der Waals surface area contributed by atoms with Crippen LogP contribution in [0.15, 0.2) is 12.3 Å². The number of aromatic nitrogens is 2. The maximum Gasteiger partial charge on any atom is 0.148 e. The van der Waals surface area contributed by atoms with Crippen molar-refractivity contribution in [1.82, 2.24) is 10.2 Å². The standard InChI is InChI=1S/C9H12N4O/c10-9-2-6(3-11-12-9)13-7-1-8(13)5-14-4-7/h2-3,7-8H,1,4-5H2,(H2,10,12). The van der Waals surface area contributed by atoms with Gasteiger partial charge in [-0.2, -0.15) is 5.10 Å². The van der Waals surface area contributed by atoms with Gasteiger partial charge in [-0.15, -0.1) is 5.10 Å². The highest BCUT2D eigenvalue weighted by atomic mass is 16.5. The number of nitrogens with two attached hydrogens (primary N) is 1. The minimum absolute atomic E-state index is 0.480. The Morgan fingerprint density at radius 3 is 2.86 bits per heavy atom. The van der Waals surface area contributed by atoms with Crippen molar-refractivity contribution in [3.05, 3.63) is 12.3 Å². The summed E-state index contributed by atoms with van der Waals surface area (Å²) in [6.07, 6.45) is 2.99. The highest BCUT2D eigenvalue weighted by molar-refractivity contribution is 5.54. The number of fused-ring (bicyclic) bond motifs is 2. The molecule has 2 fully saturated rings. The van der Waals surface area contributed by atoms with Crippen LogP contribution in [0.4, 0.5) is 11.5 Å². The summed E-state index contributed by atoms with van der Waals surface area (Å²) in [4.78, 5) is 2.33. The normalized spacial score (nSPS) is 29.9. The van der Waals surface area contributed by atoms with Crippen molar-refractivity contribution in [2.45, 2.75) is 18.5 Å². The van der Waals surface area contributed by atoms with E-state index in [1.165, 1.54) is 6.42 Å². The third-order valence-electron chi connectivity index (χ3n) is 2.91. The molecule has 0 aromatic carbocycles. The molecule has 0 saturated carbocycles. The smallest absolute Gasteiger partial charge is 0.148 e. The van der Waals surface area contributed by atoms with Gasteiger partial charge in [-0.05, 0) is 6.42 Å². The topological polar surface area (TPSA) is 64.3 Å². The molecule has 3 heterocycles. The van der Waals surface area contributed by atoms with Gasteiger partial charge in [0.05, 0.1) is 37.2 Å². The minimum Gasteiger partial charge on any atom is -0.382 e. The zero-order chi connectivity index (χ0) is 9.54. The molecule has 2 saturated heterocycles. The molecule has 1 aromatic rings. The van der Waals surface area contributed by atoms with E-state index in [1.54, 1.807) is 6.20 Å². The fourth-order valence-electron chi connectivity index (χ4n) is 2.27. The van der Waals surface area contributed by atoms with E-state index in [9.17, 15) is 0 Å². The van der Waals surface area contributed by atoms with Crippen molar-refractivity contribution >= 4 is 11.5 Å². The van der Waals surface area contributed by atoms with Gasteiger partial charge in [0.25, 0.3) is 0 Å². The Hall–Kier alpha value is -1.36. The Bertz CT molecular complexity index is 342. The van der Waals surface area contributed by atoms with Crippen LogP contribution < -0.4 is 10.6 Å². The van der Waals surface area contributed by atoms with E-state index < -0.39 is 0 Å². The van der Waals surface area contributed by atoms with Gasteiger partial charge in [-0.1, -0.05) is 0 Å². The summed E-state index contributed by atoms with van der Waals surface area (Å²) in [6, 6.07) is 2.90. The van der Waals surface area contributed by atoms with Crippen molar-refractivity contribution in [3.8, 4) is 0 Å². The van der Waals surface area contributed by atoms with Crippen LogP contribution in [0.3, 0.4) is 0 Å². The van der Waals surface area contributed by atoms with Crippen LogP contribution in [-0.2, 0) is 4.74 Å². The summed E-state index contributed by atoms with van der Waals surface area (Å²) in [5.74, 6) is 0.480. The molecule has 74 valence electrons. The average Bonchev–Trinajstić information content (AvgIpc) is 2.18. The van der Waals surface area contributed by atoms with Gasteiger partial charge in [-0.3, -0.25) is 0 Å².